The minimum Gasteiger partial charge on any atom is -0.380 e. The lowest BCUT2D eigenvalue weighted by atomic mass is 10.3. The maximum Gasteiger partial charge on any atom is 0.221 e. The summed E-state index contributed by atoms with van der Waals surface area (Å²) in [5.74, 6) is 0.126. The van der Waals surface area contributed by atoms with Gasteiger partial charge in [-0.25, -0.2) is 0 Å². The van der Waals surface area contributed by atoms with Gasteiger partial charge in [0.15, 0.2) is 0 Å². The largest absolute Gasteiger partial charge is 0.380 e. The van der Waals surface area contributed by atoms with Crippen LogP contribution in [0.4, 0.5) is 0 Å². The SMILES string of the molecule is CCCCOCCNCCC(=O)NCCC. The second-order valence-corrected chi connectivity index (χ2v) is 3.82. The lowest BCUT2D eigenvalue weighted by Gasteiger charge is -2.06. The van der Waals surface area contributed by atoms with E-state index < -0.39 is 0 Å². The van der Waals surface area contributed by atoms with Crippen LogP contribution in [0.2, 0.25) is 0 Å². The Labute approximate surface area is 99.1 Å². The second kappa shape index (κ2) is 12.5. The van der Waals surface area contributed by atoms with Crippen LogP contribution < -0.4 is 10.6 Å². The van der Waals surface area contributed by atoms with Crippen LogP contribution in [0.3, 0.4) is 0 Å². The second-order valence-electron chi connectivity index (χ2n) is 3.82. The van der Waals surface area contributed by atoms with Crippen LogP contribution in [0.1, 0.15) is 39.5 Å². The third-order valence-corrected chi connectivity index (χ3v) is 2.17. The van der Waals surface area contributed by atoms with E-state index in [-0.39, 0.29) is 5.91 Å². The van der Waals surface area contributed by atoms with Crippen molar-refractivity contribution >= 4 is 5.91 Å². The van der Waals surface area contributed by atoms with Gasteiger partial charge in [-0.15, -0.1) is 0 Å². The molecule has 4 nitrogen and oxygen atoms in total. The molecule has 96 valence electrons. The minimum atomic E-state index is 0.126. The van der Waals surface area contributed by atoms with Gasteiger partial charge in [0.05, 0.1) is 6.61 Å². The van der Waals surface area contributed by atoms with E-state index >= 15 is 0 Å². The van der Waals surface area contributed by atoms with Crippen molar-refractivity contribution in [1.82, 2.24) is 10.6 Å². The molecule has 0 bridgehead atoms. The Balaban J connectivity index is 3.05. The number of hydrogen-bond donors (Lipinski definition) is 2. The summed E-state index contributed by atoms with van der Waals surface area (Å²) in [5, 5.41) is 6.02. The highest BCUT2D eigenvalue weighted by Gasteiger charge is 1.98. The van der Waals surface area contributed by atoms with Crippen molar-refractivity contribution in [3.63, 3.8) is 0 Å². The molecule has 4 heteroatoms. The molecule has 0 radical (unpaired) electrons. The normalized spacial score (nSPS) is 10.4. The molecule has 0 saturated heterocycles. The van der Waals surface area contributed by atoms with Crippen LogP contribution in [0.5, 0.6) is 0 Å². The van der Waals surface area contributed by atoms with Crippen molar-refractivity contribution in [3.8, 4) is 0 Å². The Bertz CT molecular complexity index is 163. The van der Waals surface area contributed by atoms with Crippen LogP contribution in [-0.4, -0.2) is 38.8 Å². The molecule has 16 heavy (non-hydrogen) atoms. The summed E-state index contributed by atoms with van der Waals surface area (Å²) in [5.41, 5.74) is 0. The van der Waals surface area contributed by atoms with E-state index in [2.05, 4.69) is 17.6 Å². The van der Waals surface area contributed by atoms with Crippen molar-refractivity contribution in [1.29, 1.82) is 0 Å². The van der Waals surface area contributed by atoms with E-state index in [1.165, 1.54) is 6.42 Å². The number of ether oxygens (including phenoxy) is 1. The molecule has 1 amide bonds. The first-order chi connectivity index (χ1) is 7.81. The van der Waals surface area contributed by atoms with E-state index in [4.69, 9.17) is 4.74 Å². The quantitative estimate of drug-likeness (QED) is 0.526. The first-order valence-corrected chi connectivity index (χ1v) is 6.36. The fourth-order valence-corrected chi connectivity index (χ4v) is 1.17. The van der Waals surface area contributed by atoms with Gasteiger partial charge < -0.3 is 15.4 Å². The Morgan fingerprint density at radius 2 is 1.88 bits per heavy atom. The number of amides is 1. The predicted octanol–water partition coefficient (Wildman–Crippen LogP) is 1.31. The summed E-state index contributed by atoms with van der Waals surface area (Å²) < 4.78 is 5.38. The highest BCUT2D eigenvalue weighted by atomic mass is 16.5. The number of nitrogens with one attached hydrogen (secondary N) is 2. The van der Waals surface area contributed by atoms with E-state index in [1.807, 2.05) is 6.92 Å². The number of carbonyl (C=O) groups is 1. The zero-order valence-electron chi connectivity index (χ0n) is 10.7. The molecule has 0 heterocycles. The van der Waals surface area contributed by atoms with Crippen molar-refractivity contribution in [2.75, 3.05) is 32.8 Å². The van der Waals surface area contributed by atoms with Gasteiger partial charge in [-0.1, -0.05) is 20.3 Å². The summed E-state index contributed by atoms with van der Waals surface area (Å²) in [6.07, 6.45) is 3.84. The summed E-state index contributed by atoms with van der Waals surface area (Å²) in [4.78, 5) is 11.2. The lowest BCUT2D eigenvalue weighted by Crippen LogP contribution is -2.29. The zero-order chi connectivity index (χ0) is 12.1. The van der Waals surface area contributed by atoms with Gasteiger partial charge in [-0.3, -0.25) is 4.79 Å². The average Bonchev–Trinajstić information content (AvgIpc) is 2.30. The van der Waals surface area contributed by atoms with Crippen molar-refractivity contribution in [2.24, 2.45) is 0 Å². The molecule has 0 fully saturated rings. The molecule has 0 aliphatic heterocycles. The van der Waals surface area contributed by atoms with Crippen molar-refractivity contribution < 1.29 is 9.53 Å². The molecule has 0 aliphatic rings. The molecule has 0 unspecified atom stereocenters. The standard InChI is InChI=1S/C12H26N2O2/c1-3-5-10-16-11-9-13-8-6-12(15)14-7-4-2/h13H,3-11H2,1-2H3,(H,14,15). The average molecular weight is 230 g/mol. The lowest BCUT2D eigenvalue weighted by molar-refractivity contribution is -0.120. The van der Waals surface area contributed by atoms with Gasteiger partial charge in [0.2, 0.25) is 5.91 Å². The Morgan fingerprint density at radius 3 is 2.56 bits per heavy atom. The third kappa shape index (κ3) is 11.5. The maximum absolute atomic E-state index is 11.2. The number of unbranched alkanes of at least 4 members (excludes halogenated alkanes) is 1. The van der Waals surface area contributed by atoms with E-state index in [0.717, 1.165) is 45.7 Å². The number of carbonyl (C=O) groups excluding carboxylic acids is 1. The first kappa shape index (κ1) is 15.4. The molecule has 0 aromatic carbocycles. The summed E-state index contributed by atoms with van der Waals surface area (Å²) >= 11 is 0. The summed E-state index contributed by atoms with van der Waals surface area (Å²) in [6.45, 7) is 8.10. The topological polar surface area (TPSA) is 50.4 Å². The Hall–Kier alpha value is -0.610. The van der Waals surface area contributed by atoms with Crippen LogP contribution in [0.15, 0.2) is 0 Å². The third-order valence-electron chi connectivity index (χ3n) is 2.17. The van der Waals surface area contributed by atoms with E-state index in [0.29, 0.717) is 6.42 Å². The predicted molar refractivity (Wildman–Crippen MR) is 66.5 cm³/mol. The maximum atomic E-state index is 11.2. The van der Waals surface area contributed by atoms with E-state index in [1.54, 1.807) is 0 Å². The van der Waals surface area contributed by atoms with Gasteiger partial charge in [-0.2, -0.15) is 0 Å². The van der Waals surface area contributed by atoms with Gasteiger partial charge in [-0.05, 0) is 12.8 Å². The van der Waals surface area contributed by atoms with Crippen LogP contribution in [-0.2, 0) is 9.53 Å². The van der Waals surface area contributed by atoms with Gasteiger partial charge in [0, 0.05) is 32.7 Å². The highest BCUT2D eigenvalue weighted by molar-refractivity contribution is 5.75. The molecule has 0 spiro atoms. The highest BCUT2D eigenvalue weighted by Crippen LogP contribution is 1.86. The number of hydrogen-bond acceptors (Lipinski definition) is 3. The Morgan fingerprint density at radius 1 is 1.06 bits per heavy atom. The molecule has 0 saturated carbocycles. The number of rotatable bonds is 11. The molecule has 0 atom stereocenters. The van der Waals surface area contributed by atoms with Crippen LogP contribution in [0, 0.1) is 0 Å². The minimum absolute atomic E-state index is 0.126. The van der Waals surface area contributed by atoms with Crippen molar-refractivity contribution in [2.45, 2.75) is 39.5 Å². The van der Waals surface area contributed by atoms with Crippen LogP contribution >= 0.6 is 0 Å². The smallest absolute Gasteiger partial charge is 0.221 e. The molecule has 0 aliphatic carbocycles. The zero-order valence-corrected chi connectivity index (χ0v) is 10.7. The van der Waals surface area contributed by atoms with Gasteiger partial charge in [0.25, 0.3) is 0 Å². The van der Waals surface area contributed by atoms with Crippen LogP contribution in [0.25, 0.3) is 0 Å². The van der Waals surface area contributed by atoms with Gasteiger partial charge >= 0.3 is 0 Å². The Kier molecular flexibility index (Phi) is 12.0. The molecule has 0 aromatic rings. The monoisotopic (exact) mass is 230 g/mol. The molecule has 0 aromatic heterocycles. The summed E-state index contributed by atoms with van der Waals surface area (Å²) in [6, 6.07) is 0. The summed E-state index contributed by atoms with van der Waals surface area (Å²) in [7, 11) is 0. The fraction of sp³-hybridized carbons (Fsp3) is 0.917. The molecular formula is C12H26N2O2. The molecular weight excluding hydrogens is 204 g/mol. The van der Waals surface area contributed by atoms with E-state index in [9.17, 15) is 4.79 Å². The fourth-order valence-electron chi connectivity index (χ4n) is 1.17. The first-order valence-electron chi connectivity index (χ1n) is 6.36. The van der Waals surface area contributed by atoms with Crippen molar-refractivity contribution in [3.05, 3.63) is 0 Å². The van der Waals surface area contributed by atoms with Gasteiger partial charge in [0.1, 0.15) is 0 Å². The molecule has 0 rings (SSSR count). The molecule has 2 N–H and O–H groups in total.